The van der Waals surface area contributed by atoms with E-state index in [1.54, 1.807) is 0 Å². The predicted octanol–water partition coefficient (Wildman–Crippen LogP) is 0.884. The van der Waals surface area contributed by atoms with Gasteiger partial charge in [-0.3, -0.25) is 14.9 Å². The molecule has 6 heteroatoms. The number of nitro groups is 1. The van der Waals surface area contributed by atoms with Crippen LogP contribution in [0.15, 0.2) is 18.2 Å². The molecule has 82 valence electrons. The fourth-order valence-corrected chi connectivity index (χ4v) is 1.27. The van der Waals surface area contributed by atoms with Crippen LogP contribution in [-0.4, -0.2) is 10.8 Å². The number of nitrogens with zero attached hydrogens (tertiary/aromatic N) is 2. The van der Waals surface area contributed by atoms with Gasteiger partial charge >= 0.3 is 0 Å². The van der Waals surface area contributed by atoms with Gasteiger partial charge < -0.3 is 5.73 Å². The van der Waals surface area contributed by atoms with E-state index in [4.69, 9.17) is 11.0 Å². The maximum absolute atomic E-state index is 10.7. The Morgan fingerprint density at radius 2 is 2.25 bits per heavy atom. The van der Waals surface area contributed by atoms with Crippen LogP contribution in [0.5, 0.6) is 0 Å². The fourth-order valence-electron chi connectivity index (χ4n) is 1.27. The molecule has 1 rings (SSSR count). The maximum atomic E-state index is 10.7. The van der Waals surface area contributed by atoms with Crippen LogP contribution in [0.25, 0.3) is 0 Å². The SMILES string of the molecule is N#Cc1ccc(CCC(N)=O)c([N+](=O)[O-])c1. The average molecular weight is 219 g/mol. The highest BCUT2D eigenvalue weighted by Crippen LogP contribution is 2.21. The molecule has 0 bridgehead atoms. The second kappa shape index (κ2) is 4.89. The first-order chi connectivity index (χ1) is 7.54. The molecule has 0 heterocycles. The number of primary amides is 1. The van der Waals surface area contributed by atoms with Gasteiger partial charge in [-0.25, -0.2) is 0 Å². The fraction of sp³-hybridized carbons (Fsp3) is 0.200. The molecule has 0 aliphatic rings. The second-order valence-electron chi connectivity index (χ2n) is 3.18. The minimum Gasteiger partial charge on any atom is -0.370 e. The molecular formula is C10H9N3O3. The van der Waals surface area contributed by atoms with Gasteiger partial charge in [-0.05, 0) is 12.5 Å². The van der Waals surface area contributed by atoms with Gasteiger partial charge in [0, 0.05) is 18.1 Å². The maximum Gasteiger partial charge on any atom is 0.273 e. The number of hydrogen-bond acceptors (Lipinski definition) is 4. The Bertz CT molecular complexity index is 477. The van der Waals surface area contributed by atoms with E-state index in [2.05, 4.69) is 0 Å². The van der Waals surface area contributed by atoms with Crippen LogP contribution in [0.3, 0.4) is 0 Å². The zero-order valence-electron chi connectivity index (χ0n) is 8.34. The summed E-state index contributed by atoms with van der Waals surface area (Å²) in [5.41, 5.74) is 5.43. The number of carbonyl (C=O) groups excluding carboxylic acids is 1. The third kappa shape index (κ3) is 2.78. The normalized spacial score (nSPS) is 9.44. The number of amides is 1. The molecule has 0 spiro atoms. The van der Waals surface area contributed by atoms with E-state index in [1.807, 2.05) is 6.07 Å². The summed E-state index contributed by atoms with van der Waals surface area (Å²) < 4.78 is 0. The Labute approximate surface area is 91.4 Å². The molecule has 1 aromatic rings. The van der Waals surface area contributed by atoms with Crippen molar-refractivity contribution in [1.29, 1.82) is 5.26 Å². The lowest BCUT2D eigenvalue weighted by Gasteiger charge is -2.01. The van der Waals surface area contributed by atoms with Gasteiger partial charge in [0.2, 0.25) is 5.91 Å². The standard InChI is InChI=1S/C10H9N3O3/c11-6-7-1-2-8(3-4-10(12)14)9(5-7)13(15)16/h1-2,5H,3-4H2,(H2,12,14). The van der Waals surface area contributed by atoms with Gasteiger partial charge in [-0.2, -0.15) is 5.26 Å². The number of rotatable bonds is 4. The highest BCUT2D eigenvalue weighted by atomic mass is 16.6. The summed E-state index contributed by atoms with van der Waals surface area (Å²) in [6, 6.07) is 5.96. The molecule has 1 aromatic carbocycles. The van der Waals surface area contributed by atoms with Crippen molar-refractivity contribution in [3.05, 3.63) is 39.4 Å². The van der Waals surface area contributed by atoms with E-state index in [0.29, 0.717) is 5.56 Å². The van der Waals surface area contributed by atoms with E-state index in [9.17, 15) is 14.9 Å². The van der Waals surface area contributed by atoms with Crippen molar-refractivity contribution in [3.63, 3.8) is 0 Å². The minimum absolute atomic E-state index is 0.0484. The van der Waals surface area contributed by atoms with Crippen molar-refractivity contribution in [2.75, 3.05) is 0 Å². The molecular weight excluding hydrogens is 210 g/mol. The summed E-state index contributed by atoms with van der Waals surface area (Å²) in [6.45, 7) is 0. The van der Waals surface area contributed by atoms with E-state index < -0.39 is 10.8 Å². The van der Waals surface area contributed by atoms with E-state index in [-0.39, 0.29) is 24.1 Å². The Morgan fingerprint density at radius 3 is 2.75 bits per heavy atom. The van der Waals surface area contributed by atoms with Crippen molar-refractivity contribution in [3.8, 4) is 6.07 Å². The lowest BCUT2D eigenvalue weighted by molar-refractivity contribution is -0.385. The van der Waals surface area contributed by atoms with Gasteiger partial charge in [-0.1, -0.05) is 6.07 Å². The number of nitrogens with two attached hydrogens (primary N) is 1. The molecule has 6 nitrogen and oxygen atoms in total. The van der Waals surface area contributed by atoms with Crippen LogP contribution in [0.2, 0.25) is 0 Å². The first-order valence-corrected chi connectivity index (χ1v) is 4.50. The number of benzene rings is 1. The highest BCUT2D eigenvalue weighted by molar-refractivity contribution is 5.74. The third-order valence-corrected chi connectivity index (χ3v) is 2.05. The Hall–Kier alpha value is -2.42. The Morgan fingerprint density at radius 1 is 1.56 bits per heavy atom. The van der Waals surface area contributed by atoms with Crippen LogP contribution in [0.4, 0.5) is 5.69 Å². The molecule has 0 unspecified atom stereocenters. The second-order valence-corrected chi connectivity index (χ2v) is 3.18. The summed E-state index contributed by atoms with van der Waals surface area (Å²) in [5, 5.41) is 19.3. The van der Waals surface area contributed by atoms with Crippen LogP contribution in [0.1, 0.15) is 17.5 Å². The molecule has 0 saturated carbocycles. The van der Waals surface area contributed by atoms with Crippen molar-refractivity contribution >= 4 is 11.6 Å². The smallest absolute Gasteiger partial charge is 0.273 e. The lowest BCUT2D eigenvalue weighted by atomic mass is 10.1. The zero-order chi connectivity index (χ0) is 12.1. The van der Waals surface area contributed by atoms with Gasteiger partial charge in [0.1, 0.15) is 0 Å². The van der Waals surface area contributed by atoms with Crippen molar-refractivity contribution in [2.24, 2.45) is 5.73 Å². The molecule has 0 radical (unpaired) electrons. The monoisotopic (exact) mass is 219 g/mol. The molecule has 0 atom stereocenters. The topological polar surface area (TPSA) is 110 Å². The lowest BCUT2D eigenvalue weighted by Crippen LogP contribution is -2.11. The highest BCUT2D eigenvalue weighted by Gasteiger charge is 2.14. The number of hydrogen-bond donors (Lipinski definition) is 1. The molecule has 0 fully saturated rings. The zero-order valence-corrected chi connectivity index (χ0v) is 8.34. The first-order valence-electron chi connectivity index (χ1n) is 4.50. The Kier molecular flexibility index (Phi) is 3.56. The summed E-state index contributed by atoms with van der Waals surface area (Å²) >= 11 is 0. The first kappa shape index (κ1) is 11.7. The van der Waals surface area contributed by atoms with Crippen LogP contribution >= 0.6 is 0 Å². The average Bonchev–Trinajstić information content (AvgIpc) is 2.25. The van der Waals surface area contributed by atoms with Gasteiger partial charge in [0.25, 0.3) is 5.69 Å². The number of nitro benzene ring substituents is 1. The van der Waals surface area contributed by atoms with E-state index >= 15 is 0 Å². The largest absolute Gasteiger partial charge is 0.370 e. The van der Waals surface area contributed by atoms with Gasteiger partial charge in [0.15, 0.2) is 0 Å². The van der Waals surface area contributed by atoms with Gasteiger partial charge in [0.05, 0.1) is 16.6 Å². The third-order valence-electron chi connectivity index (χ3n) is 2.05. The van der Waals surface area contributed by atoms with E-state index in [0.717, 1.165) is 0 Å². The summed E-state index contributed by atoms with van der Waals surface area (Å²) in [7, 11) is 0. The van der Waals surface area contributed by atoms with Gasteiger partial charge in [-0.15, -0.1) is 0 Å². The molecule has 0 saturated heterocycles. The molecule has 16 heavy (non-hydrogen) atoms. The quantitative estimate of drug-likeness (QED) is 0.598. The summed E-state index contributed by atoms with van der Waals surface area (Å²) in [6.07, 6.45) is 0.254. The summed E-state index contributed by atoms with van der Waals surface area (Å²) in [4.78, 5) is 20.7. The van der Waals surface area contributed by atoms with Crippen LogP contribution < -0.4 is 5.73 Å². The van der Waals surface area contributed by atoms with Crippen molar-refractivity contribution in [2.45, 2.75) is 12.8 Å². The number of nitriles is 1. The molecule has 0 aliphatic carbocycles. The Balaban J connectivity index is 3.04. The van der Waals surface area contributed by atoms with Crippen molar-refractivity contribution in [1.82, 2.24) is 0 Å². The molecule has 1 amide bonds. The number of carbonyl (C=O) groups is 1. The minimum atomic E-state index is -0.572. The van der Waals surface area contributed by atoms with Crippen LogP contribution in [0, 0.1) is 21.4 Å². The molecule has 2 N–H and O–H groups in total. The predicted molar refractivity (Wildman–Crippen MR) is 55.3 cm³/mol. The summed E-state index contributed by atoms with van der Waals surface area (Å²) in [5.74, 6) is -0.515. The molecule has 0 aromatic heterocycles. The van der Waals surface area contributed by atoms with Crippen LogP contribution in [-0.2, 0) is 11.2 Å². The molecule has 0 aliphatic heterocycles. The van der Waals surface area contributed by atoms with E-state index in [1.165, 1.54) is 18.2 Å². The van der Waals surface area contributed by atoms with Crippen molar-refractivity contribution < 1.29 is 9.72 Å². The number of aryl methyl sites for hydroxylation is 1.